The normalized spacial score (nSPS) is 20.0. The minimum Gasteiger partial charge on any atom is -0.354 e. The van der Waals surface area contributed by atoms with Gasteiger partial charge in [0.05, 0.1) is 5.56 Å². The largest absolute Gasteiger partial charge is 0.354 e. The van der Waals surface area contributed by atoms with Gasteiger partial charge in [-0.15, -0.1) is 0 Å². The molecule has 0 saturated carbocycles. The lowest BCUT2D eigenvalue weighted by molar-refractivity contribution is -0.124. The summed E-state index contributed by atoms with van der Waals surface area (Å²) >= 11 is 0. The van der Waals surface area contributed by atoms with Crippen LogP contribution in [0.25, 0.3) is 0 Å². The lowest BCUT2D eigenvalue weighted by Crippen LogP contribution is -2.50. The molecule has 1 aliphatic heterocycles. The van der Waals surface area contributed by atoms with E-state index >= 15 is 0 Å². The number of rotatable bonds is 2. The fourth-order valence-electron chi connectivity index (χ4n) is 1.65. The van der Waals surface area contributed by atoms with Gasteiger partial charge in [-0.25, -0.2) is 0 Å². The summed E-state index contributed by atoms with van der Waals surface area (Å²) in [5.74, 6) is -0.362. The van der Waals surface area contributed by atoms with Crippen LogP contribution in [0.2, 0.25) is 0 Å². The molecule has 1 aliphatic rings. The molecule has 2 amide bonds. The van der Waals surface area contributed by atoms with Crippen LogP contribution in [0.15, 0.2) is 24.5 Å². The fraction of sp³-hybridized carbons (Fsp3) is 0.364. The van der Waals surface area contributed by atoms with E-state index in [1.807, 2.05) is 0 Å². The molecule has 2 rings (SSSR count). The first kappa shape index (κ1) is 10.6. The summed E-state index contributed by atoms with van der Waals surface area (Å²) in [4.78, 5) is 27.0. The zero-order valence-electron chi connectivity index (χ0n) is 8.77. The summed E-state index contributed by atoms with van der Waals surface area (Å²) in [5.41, 5.74) is 0.473. The molecule has 0 radical (unpaired) electrons. The molecule has 1 unspecified atom stereocenters. The van der Waals surface area contributed by atoms with Gasteiger partial charge in [-0.3, -0.25) is 14.6 Å². The molecule has 0 aliphatic carbocycles. The second-order valence-corrected chi connectivity index (χ2v) is 3.70. The molecule has 0 spiro atoms. The molecule has 0 aromatic carbocycles. The van der Waals surface area contributed by atoms with E-state index in [9.17, 15) is 9.59 Å². The maximum Gasteiger partial charge on any atom is 0.253 e. The smallest absolute Gasteiger partial charge is 0.253 e. The highest BCUT2D eigenvalue weighted by atomic mass is 16.2. The minimum atomic E-state index is -0.415. The van der Waals surface area contributed by atoms with E-state index in [4.69, 9.17) is 0 Å². The maximum atomic E-state index is 11.7. The Balaban J connectivity index is 1.99. The Kier molecular flexibility index (Phi) is 3.14. The van der Waals surface area contributed by atoms with Crippen LogP contribution < -0.4 is 10.6 Å². The monoisotopic (exact) mass is 219 g/mol. The van der Waals surface area contributed by atoms with Crippen LogP contribution in [-0.4, -0.2) is 29.4 Å². The second-order valence-electron chi connectivity index (χ2n) is 3.70. The molecule has 0 bridgehead atoms. The number of hydrogen-bond donors (Lipinski definition) is 2. The highest BCUT2D eigenvalue weighted by Gasteiger charge is 2.23. The van der Waals surface area contributed by atoms with Crippen LogP contribution in [0.1, 0.15) is 23.2 Å². The van der Waals surface area contributed by atoms with E-state index in [1.165, 1.54) is 6.20 Å². The number of nitrogens with one attached hydrogen (secondary N) is 2. The molecule has 1 aromatic heterocycles. The van der Waals surface area contributed by atoms with E-state index in [-0.39, 0.29) is 11.8 Å². The number of amides is 2. The third-order valence-electron chi connectivity index (χ3n) is 2.51. The lowest BCUT2D eigenvalue weighted by Gasteiger charge is -2.22. The summed E-state index contributed by atoms with van der Waals surface area (Å²) < 4.78 is 0. The van der Waals surface area contributed by atoms with Crippen LogP contribution in [0, 0.1) is 0 Å². The Bertz CT molecular complexity index is 391. The van der Waals surface area contributed by atoms with Gasteiger partial charge in [0.2, 0.25) is 5.91 Å². The van der Waals surface area contributed by atoms with Crippen molar-refractivity contribution in [3.8, 4) is 0 Å². The SMILES string of the molecule is O=C(NC1CCCNC1=O)c1cccnc1. The van der Waals surface area contributed by atoms with Crippen molar-refractivity contribution < 1.29 is 9.59 Å². The lowest BCUT2D eigenvalue weighted by atomic mass is 10.1. The Hall–Kier alpha value is -1.91. The number of pyridine rings is 1. The number of piperidine rings is 1. The summed E-state index contributed by atoms with van der Waals surface area (Å²) in [5, 5.41) is 5.41. The number of nitrogens with zero attached hydrogens (tertiary/aromatic N) is 1. The average Bonchev–Trinajstić information content (AvgIpc) is 2.33. The van der Waals surface area contributed by atoms with E-state index in [2.05, 4.69) is 15.6 Å². The highest BCUT2D eigenvalue weighted by molar-refractivity contribution is 5.97. The van der Waals surface area contributed by atoms with Crippen LogP contribution in [0.5, 0.6) is 0 Å². The van der Waals surface area contributed by atoms with Crippen LogP contribution in [-0.2, 0) is 4.79 Å². The van der Waals surface area contributed by atoms with E-state index in [1.54, 1.807) is 18.3 Å². The quantitative estimate of drug-likeness (QED) is 0.740. The van der Waals surface area contributed by atoms with Gasteiger partial charge in [0.15, 0.2) is 0 Å². The Morgan fingerprint density at radius 1 is 1.56 bits per heavy atom. The minimum absolute atomic E-state index is 0.108. The zero-order valence-corrected chi connectivity index (χ0v) is 8.77. The molecule has 1 aromatic rings. The van der Waals surface area contributed by atoms with Crippen molar-refractivity contribution in [2.75, 3.05) is 6.54 Å². The summed E-state index contributed by atoms with van der Waals surface area (Å²) in [6.07, 6.45) is 4.67. The standard InChI is InChI=1S/C11H13N3O2/c15-10(8-3-1-5-12-7-8)14-9-4-2-6-13-11(9)16/h1,3,5,7,9H,2,4,6H2,(H,13,16)(H,14,15). The highest BCUT2D eigenvalue weighted by Crippen LogP contribution is 2.04. The molecule has 1 saturated heterocycles. The van der Waals surface area contributed by atoms with Crippen molar-refractivity contribution in [3.63, 3.8) is 0 Å². The molecule has 84 valence electrons. The van der Waals surface area contributed by atoms with Crippen LogP contribution >= 0.6 is 0 Å². The van der Waals surface area contributed by atoms with E-state index in [0.717, 1.165) is 6.42 Å². The van der Waals surface area contributed by atoms with Crippen LogP contribution in [0.3, 0.4) is 0 Å². The van der Waals surface area contributed by atoms with Gasteiger partial charge < -0.3 is 10.6 Å². The van der Waals surface area contributed by atoms with E-state index in [0.29, 0.717) is 18.5 Å². The molecular formula is C11H13N3O2. The summed E-state index contributed by atoms with van der Waals surface area (Å²) in [6.45, 7) is 0.693. The molecular weight excluding hydrogens is 206 g/mol. The predicted molar refractivity (Wildman–Crippen MR) is 57.7 cm³/mol. The predicted octanol–water partition coefficient (Wildman–Crippen LogP) is 0.0900. The number of aromatic nitrogens is 1. The molecule has 5 heteroatoms. The van der Waals surface area contributed by atoms with Crippen molar-refractivity contribution in [1.82, 2.24) is 15.6 Å². The van der Waals surface area contributed by atoms with Gasteiger partial charge in [-0.2, -0.15) is 0 Å². The number of carbonyl (C=O) groups excluding carboxylic acids is 2. The van der Waals surface area contributed by atoms with Gasteiger partial charge in [0.1, 0.15) is 6.04 Å². The van der Waals surface area contributed by atoms with Crippen molar-refractivity contribution in [1.29, 1.82) is 0 Å². The van der Waals surface area contributed by atoms with E-state index < -0.39 is 6.04 Å². The first-order chi connectivity index (χ1) is 7.77. The van der Waals surface area contributed by atoms with Crippen molar-refractivity contribution in [2.24, 2.45) is 0 Å². The molecule has 1 fully saturated rings. The third kappa shape index (κ3) is 2.36. The second kappa shape index (κ2) is 4.74. The van der Waals surface area contributed by atoms with Crippen molar-refractivity contribution in [2.45, 2.75) is 18.9 Å². The Labute approximate surface area is 93.3 Å². The Morgan fingerprint density at radius 3 is 3.12 bits per heavy atom. The maximum absolute atomic E-state index is 11.7. The summed E-state index contributed by atoms with van der Waals surface area (Å²) in [6, 6.07) is 2.94. The fourth-order valence-corrected chi connectivity index (χ4v) is 1.65. The molecule has 2 N–H and O–H groups in total. The van der Waals surface area contributed by atoms with Crippen molar-refractivity contribution in [3.05, 3.63) is 30.1 Å². The van der Waals surface area contributed by atoms with Crippen molar-refractivity contribution >= 4 is 11.8 Å². The van der Waals surface area contributed by atoms with Gasteiger partial charge in [0, 0.05) is 18.9 Å². The zero-order chi connectivity index (χ0) is 11.4. The topological polar surface area (TPSA) is 71.1 Å². The summed E-state index contributed by atoms with van der Waals surface area (Å²) in [7, 11) is 0. The number of hydrogen-bond acceptors (Lipinski definition) is 3. The first-order valence-electron chi connectivity index (χ1n) is 5.26. The van der Waals surface area contributed by atoms with Gasteiger partial charge in [-0.1, -0.05) is 0 Å². The molecule has 2 heterocycles. The molecule has 5 nitrogen and oxygen atoms in total. The average molecular weight is 219 g/mol. The molecule has 16 heavy (non-hydrogen) atoms. The van der Waals surface area contributed by atoms with Crippen LogP contribution in [0.4, 0.5) is 0 Å². The Morgan fingerprint density at radius 2 is 2.44 bits per heavy atom. The van der Waals surface area contributed by atoms with Gasteiger partial charge in [-0.05, 0) is 25.0 Å². The third-order valence-corrected chi connectivity index (χ3v) is 2.51. The first-order valence-corrected chi connectivity index (χ1v) is 5.26. The van der Waals surface area contributed by atoms with Gasteiger partial charge >= 0.3 is 0 Å². The van der Waals surface area contributed by atoms with Gasteiger partial charge in [0.25, 0.3) is 5.91 Å². The number of carbonyl (C=O) groups is 2. The molecule has 1 atom stereocenters.